The molecule has 3 rings (SSSR count). The minimum atomic E-state index is -0.141. The molecule has 176 valence electrons. The fourth-order valence-corrected chi connectivity index (χ4v) is 5.61. The maximum Gasteiger partial charge on any atom is 0.122 e. The van der Waals surface area contributed by atoms with Crippen molar-refractivity contribution in [3.63, 3.8) is 0 Å². The highest BCUT2D eigenvalue weighted by Gasteiger charge is 2.34. The number of phenols is 2. The van der Waals surface area contributed by atoms with Crippen molar-refractivity contribution in [1.82, 2.24) is 0 Å². The maximum atomic E-state index is 11.2. The first-order chi connectivity index (χ1) is 15.4. The third kappa shape index (κ3) is 5.47. The summed E-state index contributed by atoms with van der Waals surface area (Å²) in [6.07, 6.45) is 8.14. The highest BCUT2D eigenvalue weighted by Crippen LogP contribution is 2.48. The minimum absolute atomic E-state index is 0.0600. The van der Waals surface area contributed by atoms with E-state index in [-0.39, 0.29) is 30.6 Å². The van der Waals surface area contributed by atoms with Crippen molar-refractivity contribution in [3.8, 4) is 11.5 Å². The summed E-state index contributed by atoms with van der Waals surface area (Å²) in [6, 6.07) is 7.95. The quantitative estimate of drug-likeness (QED) is 0.457. The van der Waals surface area contributed by atoms with E-state index in [0.717, 1.165) is 52.6 Å². The van der Waals surface area contributed by atoms with Gasteiger partial charge >= 0.3 is 0 Å². The van der Waals surface area contributed by atoms with Crippen LogP contribution in [0.25, 0.3) is 0 Å². The van der Waals surface area contributed by atoms with E-state index in [4.69, 9.17) is 0 Å². The van der Waals surface area contributed by atoms with Gasteiger partial charge in [0.1, 0.15) is 11.5 Å². The number of hydrogen-bond acceptors (Lipinski definition) is 4. The van der Waals surface area contributed by atoms with Crippen LogP contribution >= 0.6 is 0 Å². The number of aromatic hydroxyl groups is 2. The Morgan fingerprint density at radius 2 is 1.22 bits per heavy atom. The smallest absolute Gasteiger partial charge is 0.122 e. The normalized spacial score (nSPS) is 19.7. The second-order valence-electron chi connectivity index (χ2n) is 9.76. The molecule has 0 heterocycles. The van der Waals surface area contributed by atoms with Crippen LogP contribution in [-0.2, 0) is 12.8 Å². The molecular weight excluding hydrogens is 400 g/mol. The highest BCUT2D eigenvalue weighted by atomic mass is 16.3. The number of aliphatic hydroxyl groups excluding tert-OH is 2. The van der Waals surface area contributed by atoms with Crippen LogP contribution in [0.2, 0.25) is 0 Å². The van der Waals surface area contributed by atoms with Crippen molar-refractivity contribution in [2.75, 3.05) is 13.2 Å². The van der Waals surface area contributed by atoms with E-state index in [9.17, 15) is 20.4 Å². The predicted octanol–water partition coefficient (Wildman–Crippen LogP) is 5.52. The summed E-state index contributed by atoms with van der Waals surface area (Å²) in [5, 5.41) is 41.5. The number of rotatable bonds is 7. The molecule has 0 aromatic heterocycles. The summed E-state index contributed by atoms with van der Waals surface area (Å²) in [5.41, 5.74) is 5.31. The van der Waals surface area contributed by atoms with E-state index < -0.39 is 0 Å². The summed E-state index contributed by atoms with van der Waals surface area (Å²) >= 11 is 0. The number of aryl methyl sites for hydroxylation is 2. The third-order valence-corrected chi connectivity index (χ3v) is 7.36. The van der Waals surface area contributed by atoms with Crippen molar-refractivity contribution in [1.29, 1.82) is 0 Å². The van der Waals surface area contributed by atoms with E-state index in [1.54, 1.807) is 0 Å². The monoisotopic (exact) mass is 440 g/mol. The van der Waals surface area contributed by atoms with Crippen molar-refractivity contribution in [3.05, 3.63) is 57.6 Å². The second kappa shape index (κ2) is 11.2. The Hall–Kier alpha value is -2.04. The van der Waals surface area contributed by atoms with Gasteiger partial charge in [0.05, 0.1) is 0 Å². The molecule has 0 saturated heterocycles. The van der Waals surface area contributed by atoms with Crippen LogP contribution in [-0.4, -0.2) is 33.6 Å². The fourth-order valence-electron chi connectivity index (χ4n) is 5.61. The largest absolute Gasteiger partial charge is 0.507 e. The lowest BCUT2D eigenvalue weighted by Gasteiger charge is -2.36. The zero-order chi connectivity index (χ0) is 23.3. The van der Waals surface area contributed by atoms with Gasteiger partial charge in [-0.15, -0.1) is 0 Å². The number of benzene rings is 2. The Morgan fingerprint density at radius 3 is 1.69 bits per heavy atom. The molecule has 4 N–H and O–H groups in total. The number of hydrogen-bond donors (Lipinski definition) is 4. The van der Waals surface area contributed by atoms with Crippen LogP contribution in [0.15, 0.2) is 24.3 Å². The van der Waals surface area contributed by atoms with Crippen LogP contribution in [0.4, 0.5) is 0 Å². The Labute approximate surface area is 192 Å². The molecule has 1 fully saturated rings. The summed E-state index contributed by atoms with van der Waals surface area (Å²) in [7, 11) is 0. The lowest BCUT2D eigenvalue weighted by molar-refractivity contribution is 0.250. The molecular formula is C28H40O4. The van der Waals surface area contributed by atoms with Crippen LogP contribution in [0.1, 0.15) is 84.7 Å². The molecule has 1 saturated carbocycles. The average molecular weight is 441 g/mol. The van der Waals surface area contributed by atoms with E-state index >= 15 is 0 Å². The fraction of sp³-hybridized carbons (Fsp3) is 0.571. The van der Waals surface area contributed by atoms with Gasteiger partial charge in [0.25, 0.3) is 0 Å². The Morgan fingerprint density at radius 1 is 0.750 bits per heavy atom. The zero-order valence-corrected chi connectivity index (χ0v) is 19.9. The van der Waals surface area contributed by atoms with Gasteiger partial charge in [0, 0.05) is 30.3 Å². The van der Waals surface area contributed by atoms with Crippen molar-refractivity contribution in [2.24, 2.45) is 11.8 Å². The number of aliphatic hydroxyl groups is 2. The van der Waals surface area contributed by atoms with E-state index in [2.05, 4.69) is 6.92 Å². The molecule has 4 nitrogen and oxygen atoms in total. The Balaban J connectivity index is 2.24. The van der Waals surface area contributed by atoms with Crippen LogP contribution < -0.4 is 0 Å². The van der Waals surface area contributed by atoms with E-state index in [0.29, 0.717) is 24.7 Å². The predicted molar refractivity (Wildman–Crippen MR) is 129 cm³/mol. The SMILES string of the molecule is Cc1cc(CCO)cc(C(c2cc(CCO)cc(C)c2O)C2CCCCCCC2C)c1O. The molecule has 0 bridgehead atoms. The van der Waals surface area contributed by atoms with Gasteiger partial charge in [-0.3, -0.25) is 0 Å². The second-order valence-corrected chi connectivity index (χ2v) is 9.76. The van der Waals surface area contributed by atoms with E-state index in [1.807, 2.05) is 38.1 Å². The van der Waals surface area contributed by atoms with Gasteiger partial charge in [0.2, 0.25) is 0 Å². The average Bonchev–Trinajstić information content (AvgIpc) is 2.74. The minimum Gasteiger partial charge on any atom is -0.507 e. The number of phenolic OH excluding ortho intramolecular Hbond substituents is 2. The summed E-state index contributed by atoms with van der Waals surface area (Å²) in [5.74, 6) is 1.19. The standard InChI is InChI=1S/C28H40O4/c1-18-8-6-4-5-7-9-23(18)26(24-16-21(10-12-29)14-19(2)27(24)31)25-17-22(11-13-30)15-20(3)28(25)32/h14-18,23,26,29-32H,4-13H2,1-3H3. The first kappa shape index (κ1) is 24.6. The Kier molecular flexibility index (Phi) is 8.61. The van der Waals surface area contributed by atoms with E-state index in [1.165, 1.54) is 19.3 Å². The van der Waals surface area contributed by atoms with Gasteiger partial charge in [-0.05, 0) is 67.2 Å². The van der Waals surface area contributed by atoms with Gasteiger partial charge in [-0.2, -0.15) is 0 Å². The molecule has 2 unspecified atom stereocenters. The topological polar surface area (TPSA) is 80.9 Å². The summed E-state index contributed by atoms with van der Waals surface area (Å²) in [6.45, 7) is 6.25. The van der Waals surface area contributed by atoms with Crippen LogP contribution in [0, 0.1) is 25.7 Å². The molecule has 0 aliphatic heterocycles. The maximum absolute atomic E-state index is 11.2. The third-order valence-electron chi connectivity index (χ3n) is 7.36. The molecule has 2 aromatic carbocycles. The molecule has 1 aliphatic rings. The van der Waals surface area contributed by atoms with Gasteiger partial charge in [-0.25, -0.2) is 0 Å². The summed E-state index contributed by atoms with van der Waals surface area (Å²) in [4.78, 5) is 0. The van der Waals surface area contributed by atoms with Gasteiger partial charge in [0.15, 0.2) is 0 Å². The molecule has 4 heteroatoms. The molecule has 2 atom stereocenters. The van der Waals surface area contributed by atoms with Crippen molar-refractivity contribution in [2.45, 2.75) is 78.1 Å². The Bertz CT molecular complexity index is 843. The highest BCUT2D eigenvalue weighted by molar-refractivity contribution is 5.54. The van der Waals surface area contributed by atoms with Crippen LogP contribution in [0.5, 0.6) is 11.5 Å². The lowest BCUT2D eigenvalue weighted by atomic mass is 9.69. The zero-order valence-electron chi connectivity index (χ0n) is 19.9. The first-order valence-corrected chi connectivity index (χ1v) is 12.2. The van der Waals surface area contributed by atoms with Gasteiger partial charge < -0.3 is 20.4 Å². The molecule has 0 radical (unpaired) electrons. The lowest BCUT2D eigenvalue weighted by Crippen LogP contribution is -2.24. The van der Waals surface area contributed by atoms with Gasteiger partial charge in [-0.1, -0.05) is 63.3 Å². The molecule has 1 aliphatic carbocycles. The van der Waals surface area contributed by atoms with Crippen LogP contribution in [0.3, 0.4) is 0 Å². The molecule has 2 aromatic rings. The first-order valence-electron chi connectivity index (χ1n) is 12.2. The van der Waals surface area contributed by atoms with Crippen molar-refractivity contribution >= 4 is 0 Å². The summed E-state index contributed by atoms with van der Waals surface area (Å²) < 4.78 is 0. The van der Waals surface area contributed by atoms with Crippen molar-refractivity contribution < 1.29 is 20.4 Å². The molecule has 0 spiro atoms. The molecule has 32 heavy (non-hydrogen) atoms. The molecule has 0 amide bonds.